The van der Waals surface area contributed by atoms with Gasteiger partial charge < -0.3 is 4.90 Å². The first-order valence-corrected chi connectivity index (χ1v) is 8.99. The minimum Gasteiger partial charge on any atom is -0.366 e. The van der Waals surface area contributed by atoms with Crippen LogP contribution in [0.25, 0.3) is 0 Å². The van der Waals surface area contributed by atoms with Gasteiger partial charge in [0.1, 0.15) is 23.7 Å². The van der Waals surface area contributed by atoms with E-state index in [-0.39, 0.29) is 10.6 Å². The Morgan fingerprint density at radius 1 is 1.30 bits per heavy atom. The van der Waals surface area contributed by atoms with Gasteiger partial charge in [-0.05, 0) is 25.0 Å². The number of benzene rings is 1. The van der Waals surface area contributed by atoms with E-state index in [2.05, 4.69) is 5.32 Å². The molecule has 0 aromatic heterocycles. The van der Waals surface area contributed by atoms with Crippen LogP contribution in [0.3, 0.4) is 0 Å². The first-order valence-electron chi connectivity index (χ1n) is 7.55. The van der Waals surface area contributed by atoms with Crippen LogP contribution in [0.2, 0.25) is 0 Å². The van der Waals surface area contributed by atoms with Gasteiger partial charge in [-0.2, -0.15) is 8.42 Å². The number of nitrogens with zero attached hydrogens (tertiary/aromatic N) is 3. The molecule has 1 N–H and O–H groups in total. The summed E-state index contributed by atoms with van der Waals surface area (Å²) in [6.07, 6.45) is 1.98. The lowest BCUT2D eigenvalue weighted by Gasteiger charge is -2.17. The molecular weight excluding hydrogens is 320 g/mol. The van der Waals surface area contributed by atoms with E-state index in [0.29, 0.717) is 24.6 Å². The maximum absolute atomic E-state index is 12.7. The average Bonchev–Trinajstić information content (AvgIpc) is 3.17. The van der Waals surface area contributed by atoms with Crippen LogP contribution in [0, 0.1) is 10.1 Å². The van der Waals surface area contributed by atoms with E-state index in [9.17, 15) is 18.5 Å². The Hall–Kier alpha value is -2.16. The van der Waals surface area contributed by atoms with Crippen LogP contribution in [0.4, 0.5) is 11.4 Å². The van der Waals surface area contributed by atoms with Crippen molar-refractivity contribution in [2.24, 2.45) is 0 Å². The number of nitro benzene ring substituents is 1. The standard InChI is InChI=1S/C14H18N4O4S/c1-11-15-6-9-17(11)23(21,22)12-4-5-13(14(10-12)18(19)20)16-7-2-3-8-16/h4-5,10H,2-3,6-9H2,1H3/p+1. The highest BCUT2D eigenvalue weighted by Gasteiger charge is 2.33. The Morgan fingerprint density at radius 2 is 2.00 bits per heavy atom. The van der Waals surface area contributed by atoms with Crippen molar-refractivity contribution in [1.29, 1.82) is 0 Å². The summed E-state index contributed by atoms with van der Waals surface area (Å²) in [5.74, 6) is 0.538. The number of amidine groups is 1. The lowest BCUT2D eigenvalue weighted by atomic mass is 10.2. The first-order chi connectivity index (χ1) is 10.9. The van der Waals surface area contributed by atoms with Crippen molar-refractivity contribution >= 4 is 27.2 Å². The quantitative estimate of drug-likeness (QED) is 0.498. The minimum absolute atomic E-state index is 0.0461. The summed E-state index contributed by atoms with van der Waals surface area (Å²) in [5, 5.41) is 14.4. The van der Waals surface area contributed by atoms with Crippen LogP contribution < -0.4 is 10.2 Å². The SMILES string of the molecule is CC1=[N+](S(=O)(=O)c2ccc(N3CCCC3)c([N+](=O)[O-])c2)CCN1. The van der Waals surface area contributed by atoms with Crippen LogP contribution >= 0.6 is 0 Å². The molecule has 3 rings (SSSR count). The molecule has 0 unspecified atom stereocenters. The summed E-state index contributed by atoms with van der Waals surface area (Å²) in [6, 6.07) is 4.19. The topological polar surface area (TPSA) is 95.6 Å². The number of anilines is 1. The van der Waals surface area contributed by atoms with Gasteiger partial charge in [0, 0.05) is 26.1 Å². The normalized spacial score (nSPS) is 18.4. The van der Waals surface area contributed by atoms with E-state index in [1.165, 1.54) is 16.1 Å². The molecule has 2 aliphatic rings. The van der Waals surface area contributed by atoms with Gasteiger partial charge in [-0.1, -0.05) is 0 Å². The molecule has 8 nitrogen and oxygen atoms in total. The van der Waals surface area contributed by atoms with Crippen molar-refractivity contribution in [2.45, 2.75) is 24.7 Å². The molecule has 1 aromatic rings. The summed E-state index contributed by atoms with van der Waals surface area (Å²) >= 11 is 0. The molecule has 2 aliphatic heterocycles. The lowest BCUT2D eigenvalue weighted by molar-refractivity contribution is -0.384. The van der Waals surface area contributed by atoms with Crippen LogP contribution in [-0.4, -0.2) is 49.3 Å². The molecule has 1 fully saturated rings. The fraction of sp³-hybridized carbons (Fsp3) is 0.500. The second-order valence-corrected chi connectivity index (χ2v) is 7.55. The Kier molecular flexibility index (Phi) is 3.97. The molecule has 0 radical (unpaired) electrons. The van der Waals surface area contributed by atoms with E-state index in [1.807, 2.05) is 4.90 Å². The molecule has 124 valence electrons. The Labute approximate surface area is 134 Å². The van der Waals surface area contributed by atoms with Gasteiger partial charge in [-0.3, -0.25) is 15.4 Å². The summed E-state index contributed by atoms with van der Waals surface area (Å²) in [4.78, 5) is 12.8. The highest BCUT2D eigenvalue weighted by atomic mass is 32.2. The Balaban J connectivity index is 2.06. The van der Waals surface area contributed by atoms with Gasteiger partial charge in [0.15, 0.2) is 0 Å². The van der Waals surface area contributed by atoms with Gasteiger partial charge in [-0.25, -0.2) is 0 Å². The summed E-state index contributed by atoms with van der Waals surface area (Å²) < 4.78 is 26.6. The number of nitrogens with one attached hydrogen (secondary N) is 1. The number of sulfonamides is 1. The lowest BCUT2D eigenvalue weighted by Crippen LogP contribution is -2.25. The molecule has 0 atom stereocenters. The largest absolute Gasteiger partial charge is 0.366 e. The summed E-state index contributed by atoms with van der Waals surface area (Å²) in [5.41, 5.74) is 0.337. The third-order valence-corrected chi connectivity index (χ3v) is 6.13. The molecule has 2 heterocycles. The fourth-order valence-electron chi connectivity index (χ4n) is 3.06. The monoisotopic (exact) mass is 339 g/mol. The minimum atomic E-state index is -3.77. The molecule has 1 aromatic carbocycles. The third kappa shape index (κ3) is 2.76. The molecule has 1 saturated heterocycles. The predicted octanol–water partition coefficient (Wildman–Crippen LogP) is 0.918. The van der Waals surface area contributed by atoms with Crippen molar-refractivity contribution < 1.29 is 17.3 Å². The number of hydrogen-bond acceptors (Lipinski definition) is 6. The number of nitro groups is 1. The van der Waals surface area contributed by atoms with Crippen LogP contribution in [-0.2, 0) is 10.0 Å². The van der Waals surface area contributed by atoms with Crippen molar-refractivity contribution in [3.63, 3.8) is 0 Å². The molecule has 9 heteroatoms. The van der Waals surface area contributed by atoms with E-state index in [4.69, 9.17) is 0 Å². The van der Waals surface area contributed by atoms with Gasteiger partial charge >= 0.3 is 10.0 Å². The van der Waals surface area contributed by atoms with Crippen LogP contribution in [0.15, 0.2) is 23.1 Å². The third-order valence-electron chi connectivity index (χ3n) is 4.25. The molecule has 0 aliphatic carbocycles. The maximum atomic E-state index is 12.7. The highest BCUT2D eigenvalue weighted by molar-refractivity contribution is 7.85. The molecule has 0 amide bonds. The highest BCUT2D eigenvalue weighted by Crippen LogP contribution is 2.33. The smallest absolute Gasteiger partial charge is 0.331 e. The molecule has 0 spiro atoms. The van der Waals surface area contributed by atoms with Gasteiger partial charge in [0.05, 0.1) is 4.92 Å². The zero-order valence-corrected chi connectivity index (χ0v) is 13.7. The zero-order chi connectivity index (χ0) is 16.6. The summed E-state index contributed by atoms with van der Waals surface area (Å²) in [6.45, 7) is 4.07. The van der Waals surface area contributed by atoms with Gasteiger partial charge in [-0.15, -0.1) is 3.98 Å². The second-order valence-electron chi connectivity index (χ2n) is 5.69. The number of hydrogen-bond donors (Lipinski definition) is 1. The Bertz CT molecular complexity index is 782. The summed E-state index contributed by atoms with van der Waals surface area (Å²) in [7, 11) is -3.77. The van der Waals surface area contributed by atoms with Crippen molar-refractivity contribution in [3.8, 4) is 0 Å². The maximum Gasteiger partial charge on any atom is 0.331 e. The molecule has 0 bridgehead atoms. The predicted molar refractivity (Wildman–Crippen MR) is 85.5 cm³/mol. The van der Waals surface area contributed by atoms with E-state index in [1.54, 1.807) is 13.0 Å². The number of rotatable bonds is 4. The molecular formula is C14H19N4O4S+. The van der Waals surface area contributed by atoms with Crippen LogP contribution in [0.1, 0.15) is 19.8 Å². The van der Waals surface area contributed by atoms with Crippen molar-refractivity contribution in [1.82, 2.24) is 5.32 Å². The second kappa shape index (κ2) is 5.80. The van der Waals surface area contributed by atoms with Crippen molar-refractivity contribution in [3.05, 3.63) is 28.3 Å². The van der Waals surface area contributed by atoms with E-state index < -0.39 is 14.9 Å². The average molecular weight is 339 g/mol. The van der Waals surface area contributed by atoms with E-state index in [0.717, 1.165) is 25.9 Å². The van der Waals surface area contributed by atoms with Crippen molar-refractivity contribution in [2.75, 3.05) is 31.1 Å². The first kappa shape index (κ1) is 15.7. The molecule has 0 saturated carbocycles. The zero-order valence-electron chi connectivity index (χ0n) is 12.9. The van der Waals surface area contributed by atoms with E-state index >= 15 is 0 Å². The van der Waals surface area contributed by atoms with Gasteiger partial charge in [0.2, 0.25) is 0 Å². The molecule has 23 heavy (non-hydrogen) atoms. The van der Waals surface area contributed by atoms with Crippen LogP contribution in [0.5, 0.6) is 0 Å². The Morgan fingerprint density at radius 3 is 2.57 bits per heavy atom. The van der Waals surface area contributed by atoms with Gasteiger partial charge in [0.25, 0.3) is 11.5 Å². The fourth-order valence-corrected chi connectivity index (χ4v) is 4.57.